The van der Waals surface area contributed by atoms with Crippen molar-refractivity contribution in [1.82, 2.24) is 4.90 Å². The van der Waals surface area contributed by atoms with E-state index in [4.69, 9.17) is 28.4 Å². The van der Waals surface area contributed by atoms with Crippen LogP contribution in [0.5, 0.6) is 0 Å². The molecule has 3 unspecified atom stereocenters. The van der Waals surface area contributed by atoms with E-state index in [1.807, 2.05) is 25.7 Å². The highest BCUT2D eigenvalue weighted by Crippen LogP contribution is 2.14. The minimum Gasteiger partial charge on any atom is -0.382 e. The molecular weight excluding hydrogens is 290 g/mol. The molecular formula is C15H33NO6. The van der Waals surface area contributed by atoms with Gasteiger partial charge in [0.15, 0.2) is 0 Å². The van der Waals surface area contributed by atoms with E-state index in [9.17, 15) is 0 Å². The van der Waals surface area contributed by atoms with Crippen molar-refractivity contribution in [1.29, 1.82) is 0 Å². The van der Waals surface area contributed by atoms with E-state index < -0.39 is 0 Å². The van der Waals surface area contributed by atoms with Crippen LogP contribution in [-0.4, -0.2) is 84.6 Å². The molecule has 0 amide bonds. The van der Waals surface area contributed by atoms with Crippen LogP contribution in [0.2, 0.25) is 0 Å². The molecule has 0 radical (unpaired) electrons. The number of hydrogen-bond acceptors (Lipinski definition) is 7. The summed E-state index contributed by atoms with van der Waals surface area (Å²) in [5.41, 5.74) is 0. The van der Waals surface area contributed by atoms with Crippen LogP contribution in [0.3, 0.4) is 0 Å². The predicted molar refractivity (Wildman–Crippen MR) is 83.7 cm³/mol. The standard InChI is InChI=1S/C15H33NO6/c1-13(20-10-7-17-4)16(14(2)21-11-8-18-5)15(3)22-12-9-19-6/h13-15H,7-12H2,1-6H3. The van der Waals surface area contributed by atoms with Crippen molar-refractivity contribution in [3.8, 4) is 0 Å². The molecule has 0 aliphatic rings. The van der Waals surface area contributed by atoms with Crippen LogP contribution in [0, 0.1) is 0 Å². The summed E-state index contributed by atoms with van der Waals surface area (Å²) in [5.74, 6) is 0. The summed E-state index contributed by atoms with van der Waals surface area (Å²) in [6, 6.07) is 0. The average Bonchev–Trinajstić information content (AvgIpc) is 2.48. The van der Waals surface area contributed by atoms with E-state index in [0.29, 0.717) is 39.6 Å². The first-order valence-electron chi connectivity index (χ1n) is 7.67. The molecule has 0 bridgehead atoms. The fourth-order valence-corrected chi connectivity index (χ4v) is 2.05. The Morgan fingerprint density at radius 3 is 1.05 bits per heavy atom. The van der Waals surface area contributed by atoms with Crippen molar-refractivity contribution >= 4 is 0 Å². The van der Waals surface area contributed by atoms with Gasteiger partial charge in [-0.05, 0) is 20.8 Å². The Kier molecular flexibility index (Phi) is 14.1. The number of nitrogens with zero attached hydrogens (tertiary/aromatic N) is 1. The Balaban J connectivity index is 4.50. The van der Waals surface area contributed by atoms with Crippen molar-refractivity contribution in [3.63, 3.8) is 0 Å². The molecule has 0 N–H and O–H groups in total. The maximum Gasteiger partial charge on any atom is 0.111 e. The Bertz CT molecular complexity index is 206. The molecule has 0 fully saturated rings. The van der Waals surface area contributed by atoms with Crippen LogP contribution >= 0.6 is 0 Å². The fourth-order valence-electron chi connectivity index (χ4n) is 2.05. The molecule has 7 heteroatoms. The van der Waals surface area contributed by atoms with Crippen molar-refractivity contribution in [2.75, 3.05) is 61.0 Å². The maximum atomic E-state index is 5.78. The van der Waals surface area contributed by atoms with Gasteiger partial charge in [-0.15, -0.1) is 0 Å². The zero-order valence-corrected chi connectivity index (χ0v) is 14.9. The van der Waals surface area contributed by atoms with Gasteiger partial charge in [0.1, 0.15) is 18.7 Å². The molecule has 0 saturated carbocycles. The van der Waals surface area contributed by atoms with Crippen LogP contribution in [-0.2, 0) is 28.4 Å². The zero-order valence-electron chi connectivity index (χ0n) is 14.9. The average molecular weight is 323 g/mol. The molecule has 0 spiro atoms. The largest absolute Gasteiger partial charge is 0.382 e. The van der Waals surface area contributed by atoms with Gasteiger partial charge in [0.2, 0.25) is 0 Å². The van der Waals surface area contributed by atoms with Crippen LogP contribution in [0.1, 0.15) is 20.8 Å². The summed E-state index contributed by atoms with van der Waals surface area (Å²) in [6.07, 6.45) is -0.485. The summed E-state index contributed by atoms with van der Waals surface area (Å²) in [7, 11) is 4.95. The smallest absolute Gasteiger partial charge is 0.111 e. The molecule has 0 aromatic heterocycles. The lowest BCUT2D eigenvalue weighted by Crippen LogP contribution is -2.50. The maximum absolute atomic E-state index is 5.78. The quantitative estimate of drug-likeness (QED) is 0.333. The first-order valence-corrected chi connectivity index (χ1v) is 7.67. The third kappa shape index (κ3) is 9.68. The Morgan fingerprint density at radius 1 is 0.545 bits per heavy atom. The van der Waals surface area contributed by atoms with E-state index in [0.717, 1.165) is 0 Å². The van der Waals surface area contributed by atoms with Gasteiger partial charge in [-0.2, -0.15) is 0 Å². The highest BCUT2D eigenvalue weighted by atomic mass is 16.6. The second kappa shape index (κ2) is 14.3. The highest BCUT2D eigenvalue weighted by Gasteiger charge is 2.27. The molecule has 0 heterocycles. The lowest BCUT2D eigenvalue weighted by Gasteiger charge is -2.38. The Labute approximate surface area is 134 Å². The molecule has 0 saturated heterocycles. The highest BCUT2D eigenvalue weighted by molar-refractivity contribution is 4.65. The Morgan fingerprint density at radius 2 is 0.818 bits per heavy atom. The topological polar surface area (TPSA) is 58.6 Å². The van der Waals surface area contributed by atoms with Crippen molar-refractivity contribution in [2.24, 2.45) is 0 Å². The molecule has 22 heavy (non-hydrogen) atoms. The van der Waals surface area contributed by atoms with Gasteiger partial charge in [0.25, 0.3) is 0 Å². The number of hydrogen-bond donors (Lipinski definition) is 0. The van der Waals surface area contributed by atoms with Gasteiger partial charge in [0.05, 0.1) is 39.6 Å². The lowest BCUT2D eigenvalue weighted by molar-refractivity contribution is -0.215. The monoisotopic (exact) mass is 323 g/mol. The van der Waals surface area contributed by atoms with Crippen molar-refractivity contribution in [2.45, 2.75) is 39.5 Å². The fraction of sp³-hybridized carbons (Fsp3) is 1.00. The second-order valence-corrected chi connectivity index (χ2v) is 4.84. The molecule has 0 rings (SSSR count). The first kappa shape index (κ1) is 21.7. The molecule has 0 aliphatic heterocycles. The van der Waals surface area contributed by atoms with Gasteiger partial charge in [-0.25, -0.2) is 4.90 Å². The van der Waals surface area contributed by atoms with Gasteiger partial charge < -0.3 is 28.4 Å². The third-order valence-corrected chi connectivity index (χ3v) is 3.20. The van der Waals surface area contributed by atoms with Gasteiger partial charge in [0, 0.05) is 21.3 Å². The van der Waals surface area contributed by atoms with E-state index in [-0.39, 0.29) is 18.7 Å². The van der Waals surface area contributed by atoms with E-state index in [1.165, 1.54) is 0 Å². The SMILES string of the molecule is COCCOC(C)N(C(C)OCCOC)C(C)OCCOC. The summed E-state index contributed by atoms with van der Waals surface area (Å²) in [6.45, 7) is 9.13. The predicted octanol–water partition coefficient (Wildman–Crippen LogP) is 1.32. The summed E-state index contributed by atoms with van der Waals surface area (Å²) < 4.78 is 32.4. The van der Waals surface area contributed by atoms with E-state index >= 15 is 0 Å². The lowest BCUT2D eigenvalue weighted by atomic mass is 10.4. The number of rotatable bonds is 15. The summed E-state index contributed by atoms with van der Waals surface area (Å²) in [5, 5.41) is 0. The molecule has 0 aromatic rings. The second-order valence-electron chi connectivity index (χ2n) is 4.84. The molecule has 3 atom stereocenters. The van der Waals surface area contributed by atoms with Crippen LogP contribution in [0.4, 0.5) is 0 Å². The number of methoxy groups -OCH3 is 3. The van der Waals surface area contributed by atoms with Crippen molar-refractivity contribution < 1.29 is 28.4 Å². The Hall–Kier alpha value is -0.280. The van der Waals surface area contributed by atoms with Gasteiger partial charge >= 0.3 is 0 Å². The van der Waals surface area contributed by atoms with Gasteiger partial charge in [-0.3, -0.25) is 0 Å². The molecule has 0 aromatic carbocycles. The molecule has 0 aliphatic carbocycles. The third-order valence-electron chi connectivity index (χ3n) is 3.20. The minimum absolute atomic E-state index is 0.162. The molecule has 134 valence electrons. The summed E-state index contributed by atoms with van der Waals surface area (Å²) >= 11 is 0. The normalized spacial score (nSPS) is 16.0. The van der Waals surface area contributed by atoms with Crippen molar-refractivity contribution in [3.05, 3.63) is 0 Å². The number of ether oxygens (including phenoxy) is 6. The van der Waals surface area contributed by atoms with E-state index in [1.54, 1.807) is 21.3 Å². The zero-order chi connectivity index (χ0) is 16.8. The minimum atomic E-state index is -0.162. The van der Waals surface area contributed by atoms with Crippen LogP contribution in [0.25, 0.3) is 0 Å². The first-order chi connectivity index (χ1) is 10.6. The summed E-state index contributed by atoms with van der Waals surface area (Å²) in [4.78, 5) is 2.03. The van der Waals surface area contributed by atoms with Crippen LogP contribution < -0.4 is 0 Å². The van der Waals surface area contributed by atoms with Crippen LogP contribution in [0.15, 0.2) is 0 Å². The van der Waals surface area contributed by atoms with Gasteiger partial charge in [-0.1, -0.05) is 0 Å². The molecule has 7 nitrogen and oxygen atoms in total. The van der Waals surface area contributed by atoms with E-state index in [2.05, 4.69) is 0 Å².